The summed E-state index contributed by atoms with van der Waals surface area (Å²) in [5.74, 6) is 0. The molecule has 3 amide bonds. The van der Waals surface area contributed by atoms with Gasteiger partial charge >= 0.3 is 12.1 Å². The lowest BCUT2D eigenvalue weighted by molar-refractivity contribution is 0.0527. The first-order chi connectivity index (χ1) is 11.2. The Kier molecular flexibility index (Phi) is 8.15. The molecule has 0 spiro atoms. The molecule has 0 heterocycles. The lowest BCUT2D eigenvalue weighted by Gasteiger charge is -2.19. The fourth-order valence-corrected chi connectivity index (χ4v) is 2.01. The van der Waals surface area contributed by atoms with E-state index in [-0.39, 0.29) is 6.03 Å². The van der Waals surface area contributed by atoms with Crippen molar-refractivity contribution in [3.63, 3.8) is 0 Å². The van der Waals surface area contributed by atoms with Gasteiger partial charge in [0.2, 0.25) is 0 Å². The molecule has 0 aliphatic rings. The van der Waals surface area contributed by atoms with E-state index in [1.807, 2.05) is 0 Å². The molecule has 0 aliphatic carbocycles. The smallest absolute Gasteiger partial charge is 0.407 e. The van der Waals surface area contributed by atoms with Crippen LogP contribution in [0.25, 0.3) is 0 Å². The van der Waals surface area contributed by atoms with Crippen molar-refractivity contribution in [1.82, 2.24) is 16.0 Å². The van der Waals surface area contributed by atoms with Crippen molar-refractivity contribution >= 4 is 35.3 Å². The average Bonchev–Trinajstić information content (AvgIpc) is 2.46. The van der Waals surface area contributed by atoms with Crippen LogP contribution in [-0.4, -0.2) is 30.8 Å². The number of benzene rings is 1. The third-order valence-corrected chi connectivity index (χ3v) is 3.48. The Bertz CT molecular complexity index is 574. The van der Waals surface area contributed by atoms with Crippen LogP contribution in [0, 0.1) is 0 Å². The maximum Gasteiger partial charge on any atom is 0.407 e. The van der Waals surface area contributed by atoms with E-state index in [1.54, 1.807) is 39.0 Å². The fourth-order valence-electron chi connectivity index (χ4n) is 1.69. The molecule has 0 saturated carbocycles. The number of carbonyl (C=O) groups excluding carboxylic acids is 2. The summed E-state index contributed by atoms with van der Waals surface area (Å²) in [6.45, 7) is 6.59. The van der Waals surface area contributed by atoms with Crippen LogP contribution in [0.4, 0.5) is 9.59 Å². The van der Waals surface area contributed by atoms with Crippen molar-refractivity contribution in [2.75, 3.05) is 13.1 Å². The van der Waals surface area contributed by atoms with Crippen LogP contribution in [0.3, 0.4) is 0 Å². The van der Waals surface area contributed by atoms with Crippen LogP contribution in [0.2, 0.25) is 10.0 Å². The van der Waals surface area contributed by atoms with Crippen LogP contribution >= 0.6 is 23.2 Å². The van der Waals surface area contributed by atoms with Crippen LogP contribution in [0.1, 0.15) is 32.8 Å². The summed E-state index contributed by atoms with van der Waals surface area (Å²) in [4.78, 5) is 23.1. The van der Waals surface area contributed by atoms with Gasteiger partial charge in [-0.2, -0.15) is 0 Å². The van der Waals surface area contributed by atoms with Crippen LogP contribution < -0.4 is 16.0 Å². The van der Waals surface area contributed by atoms with E-state index >= 15 is 0 Å². The van der Waals surface area contributed by atoms with Gasteiger partial charge in [0, 0.05) is 19.6 Å². The van der Waals surface area contributed by atoms with Crippen molar-refractivity contribution < 1.29 is 14.3 Å². The summed E-state index contributed by atoms with van der Waals surface area (Å²) in [5.41, 5.74) is 0.332. The lowest BCUT2D eigenvalue weighted by Crippen LogP contribution is -2.37. The van der Waals surface area contributed by atoms with Crippen molar-refractivity contribution in [2.24, 2.45) is 0 Å². The van der Waals surface area contributed by atoms with Gasteiger partial charge in [0.25, 0.3) is 0 Å². The SMILES string of the molecule is CC(C)(C)OC(=O)NCCCNC(=O)NCc1ccc(Cl)c(Cl)c1. The fraction of sp³-hybridized carbons (Fsp3) is 0.500. The molecule has 0 atom stereocenters. The second-order valence-corrected chi connectivity index (χ2v) is 6.95. The topological polar surface area (TPSA) is 79.5 Å². The number of alkyl carbamates (subject to hydrolysis) is 1. The van der Waals surface area contributed by atoms with E-state index in [1.165, 1.54) is 0 Å². The van der Waals surface area contributed by atoms with Crippen molar-refractivity contribution in [3.8, 4) is 0 Å². The maximum absolute atomic E-state index is 11.7. The summed E-state index contributed by atoms with van der Waals surface area (Å²) in [7, 11) is 0. The second-order valence-electron chi connectivity index (χ2n) is 6.14. The first kappa shape index (κ1) is 20.4. The Labute approximate surface area is 152 Å². The quantitative estimate of drug-likeness (QED) is 0.663. The largest absolute Gasteiger partial charge is 0.444 e. The molecular formula is C16H23Cl2N3O3. The minimum absolute atomic E-state index is 0.293. The standard InChI is InChI=1S/C16H23Cl2N3O3/c1-16(2,3)24-15(23)20-8-4-7-19-14(22)21-10-11-5-6-12(17)13(18)9-11/h5-6,9H,4,7-8,10H2,1-3H3,(H,20,23)(H2,19,21,22). The normalized spacial score (nSPS) is 10.9. The molecule has 0 saturated heterocycles. The lowest BCUT2D eigenvalue weighted by atomic mass is 10.2. The van der Waals surface area contributed by atoms with Crippen molar-refractivity contribution in [2.45, 2.75) is 39.3 Å². The predicted octanol–water partition coefficient (Wildman–Crippen LogP) is 3.71. The van der Waals surface area contributed by atoms with Gasteiger partial charge in [0.1, 0.15) is 5.60 Å². The minimum atomic E-state index is -0.521. The molecule has 0 unspecified atom stereocenters. The second kappa shape index (κ2) is 9.59. The number of carbonyl (C=O) groups is 2. The zero-order valence-electron chi connectivity index (χ0n) is 14.0. The Hall–Kier alpha value is -1.66. The first-order valence-electron chi connectivity index (χ1n) is 7.60. The molecule has 8 heteroatoms. The highest BCUT2D eigenvalue weighted by Gasteiger charge is 2.15. The molecule has 1 aromatic carbocycles. The summed E-state index contributed by atoms with van der Waals surface area (Å²) in [5, 5.41) is 8.96. The zero-order chi connectivity index (χ0) is 18.2. The van der Waals surface area contributed by atoms with Gasteiger partial charge in [-0.15, -0.1) is 0 Å². The molecule has 0 radical (unpaired) electrons. The van der Waals surface area contributed by atoms with Crippen molar-refractivity contribution in [3.05, 3.63) is 33.8 Å². The van der Waals surface area contributed by atoms with Crippen LogP contribution in [-0.2, 0) is 11.3 Å². The minimum Gasteiger partial charge on any atom is -0.444 e. The highest BCUT2D eigenvalue weighted by atomic mass is 35.5. The molecule has 134 valence electrons. The van der Waals surface area contributed by atoms with Gasteiger partial charge in [0.05, 0.1) is 10.0 Å². The van der Waals surface area contributed by atoms with E-state index in [4.69, 9.17) is 27.9 Å². The van der Waals surface area contributed by atoms with E-state index in [2.05, 4.69) is 16.0 Å². The number of hydrogen-bond acceptors (Lipinski definition) is 3. The first-order valence-corrected chi connectivity index (χ1v) is 8.35. The van der Waals surface area contributed by atoms with Gasteiger partial charge in [-0.3, -0.25) is 0 Å². The number of nitrogens with one attached hydrogen (secondary N) is 3. The predicted molar refractivity (Wildman–Crippen MR) is 95.6 cm³/mol. The summed E-state index contributed by atoms with van der Waals surface area (Å²) in [6.07, 6.45) is 0.131. The van der Waals surface area contributed by atoms with E-state index < -0.39 is 11.7 Å². The molecule has 6 nitrogen and oxygen atoms in total. The molecule has 0 aliphatic heterocycles. The Morgan fingerprint density at radius 1 is 1.04 bits per heavy atom. The van der Waals surface area contributed by atoms with Crippen LogP contribution in [0.5, 0.6) is 0 Å². The molecule has 0 aromatic heterocycles. The molecule has 3 N–H and O–H groups in total. The highest BCUT2D eigenvalue weighted by molar-refractivity contribution is 6.42. The van der Waals surface area contributed by atoms with Gasteiger partial charge in [-0.1, -0.05) is 29.3 Å². The van der Waals surface area contributed by atoms with Gasteiger partial charge in [-0.25, -0.2) is 9.59 Å². The van der Waals surface area contributed by atoms with E-state index in [9.17, 15) is 9.59 Å². The number of ether oxygens (including phenoxy) is 1. The molecule has 0 fully saturated rings. The third kappa shape index (κ3) is 8.84. The molecule has 0 bridgehead atoms. The summed E-state index contributed by atoms with van der Waals surface area (Å²) < 4.78 is 5.10. The van der Waals surface area contributed by atoms with Crippen molar-refractivity contribution in [1.29, 1.82) is 0 Å². The Morgan fingerprint density at radius 2 is 1.71 bits per heavy atom. The zero-order valence-corrected chi connectivity index (χ0v) is 15.6. The average molecular weight is 376 g/mol. The van der Waals surface area contributed by atoms with Crippen LogP contribution in [0.15, 0.2) is 18.2 Å². The highest BCUT2D eigenvalue weighted by Crippen LogP contribution is 2.22. The molecule has 1 aromatic rings. The van der Waals surface area contributed by atoms with Gasteiger partial charge < -0.3 is 20.7 Å². The molecule has 1 rings (SSSR count). The summed E-state index contributed by atoms with van der Waals surface area (Å²) >= 11 is 11.7. The van der Waals surface area contributed by atoms with Gasteiger partial charge in [-0.05, 0) is 44.9 Å². The molecule has 24 heavy (non-hydrogen) atoms. The Balaban J connectivity index is 2.14. The summed E-state index contributed by atoms with van der Waals surface area (Å²) in [6, 6.07) is 4.88. The maximum atomic E-state index is 11.7. The number of amides is 3. The molecular weight excluding hydrogens is 353 g/mol. The number of urea groups is 1. The van der Waals surface area contributed by atoms with E-state index in [0.29, 0.717) is 36.1 Å². The monoisotopic (exact) mass is 375 g/mol. The van der Waals surface area contributed by atoms with Gasteiger partial charge in [0.15, 0.2) is 0 Å². The number of hydrogen-bond donors (Lipinski definition) is 3. The Morgan fingerprint density at radius 3 is 2.33 bits per heavy atom. The number of rotatable bonds is 6. The van der Waals surface area contributed by atoms with E-state index in [0.717, 1.165) is 5.56 Å². The third-order valence-electron chi connectivity index (χ3n) is 2.74. The number of halogens is 2.